The summed E-state index contributed by atoms with van der Waals surface area (Å²) in [5.74, 6) is -0.228. The van der Waals surface area contributed by atoms with Crippen LogP contribution < -0.4 is 10.6 Å². The van der Waals surface area contributed by atoms with Gasteiger partial charge in [-0.3, -0.25) is 0 Å². The number of anilines is 1. The zero-order chi connectivity index (χ0) is 19.1. The van der Waals surface area contributed by atoms with Gasteiger partial charge in [0.25, 0.3) is 0 Å². The number of nitrogens with two attached hydrogens (primary N) is 1. The number of H-pyrrole nitrogens is 1. The Morgan fingerprint density at radius 3 is 2.89 bits per heavy atom. The van der Waals surface area contributed by atoms with Crippen molar-refractivity contribution in [2.75, 3.05) is 18.0 Å². The molecule has 0 bridgehead atoms. The van der Waals surface area contributed by atoms with Crippen molar-refractivity contribution in [3.8, 4) is 21.7 Å². The predicted octanol–water partition coefficient (Wildman–Crippen LogP) is 4.42. The molecule has 0 aliphatic carbocycles. The number of hydrogen-bond acceptors (Lipinski definition) is 5. The molecule has 0 saturated carbocycles. The molecule has 28 heavy (non-hydrogen) atoms. The van der Waals surface area contributed by atoms with E-state index in [4.69, 9.17) is 5.73 Å². The average Bonchev–Trinajstić information content (AvgIpc) is 3.35. The molecule has 1 aliphatic rings. The lowest BCUT2D eigenvalue weighted by Gasteiger charge is -2.29. The molecule has 2 aromatic heterocycles. The monoisotopic (exact) mass is 393 g/mol. The SMILES string of the molecule is N[C@@H]1CCCN(c2nnc(-c3ccc4[nH]cc(-c5ccccc5F)c4c3)s2)C1. The van der Waals surface area contributed by atoms with Gasteiger partial charge in [0.05, 0.1) is 0 Å². The van der Waals surface area contributed by atoms with Gasteiger partial charge >= 0.3 is 0 Å². The molecule has 0 amide bonds. The molecule has 0 unspecified atom stereocenters. The van der Waals surface area contributed by atoms with E-state index in [1.165, 1.54) is 6.07 Å². The van der Waals surface area contributed by atoms with Crippen LogP contribution in [0, 0.1) is 5.82 Å². The van der Waals surface area contributed by atoms with Gasteiger partial charge in [0.1, 0.15) is 10.8 Å². The summed E-state index contributed by atoms with van der Waals surface area (Å²) >= 11 is 1.57. The van der Waals surface area contributed by atoms with Crippen molar-refractivity contribution in [3.63, 3.8) is 0 Å². The van der Waals surface area contributed by atoms with Crippen molar-refractivity contribution in [2.45, 2.75) is 18.9 Å². The quantitative estimate of drug-likeness (QED) is 0.541. The molecule has 2 aromatic carbocycles. The van der Waals surface area contributed by atoms with E-state index >= 15 is 0 Å². The summed E-state index contributed by atoms with van der Waals surface area (Å²) in [4.78, 5) is 5.45. The lowest BCUT2D eigenvalue weighted by molar-refractivity contribution is 0.505. The van der Waals surface area contributed by atoms with Crippen LogP contribution in [0.15, 0.2) is 48.7 Å². The third kappa shape index (κ3) is 3.06. The van der Waals surface area contributed by atoms with Crippen LogP contribution in [-0.4, -0.2) is 34.3 Å². The molecule has 5 rings (SSSR count). The Morgan fingerprint density at radius 1 is 1.14 bits per heavy atom. The number of aromatic amines is 1. The molecular weight excluding hydrogens is 373 g/mol. The largest absolute Gasteiger partial charge is 0.361 e. The molecule has 5 nitrogen and oxygen atoms in total. The Labute approximate surface area is 166 Å². The average molecular weight is 393 g/mol. The first kappa shape index (κ1) is 17.3. The maximum Gasteiger partial charge on any atom is 0.208 e. The topological polar surface area (TPSA) is 70.8 Å². The Balaban J connectivity index is 1.52. The van der Waals surface area contributed by atoms with E-state index in [1.807, 2.05) is 24.4 Å². The highest BCUT2D eigenvalue weighted by Crippen LogP contribution is 2.35. The number of aromatic nitrogens is 3. The fraction of sp³-hybridized carbons (Fsp3) is 0.238. The second-order valence-corrected chi connectivity index (χ2v) is 8.14. The highest BCUT2D eigenvalue weighted by Gasteiger charge is 2.21. The fourth-order valence-corrected chi connectivity index (χ4v) is 4.68. The van der Waals surface area contributed by atoms with Gasteiger partial charge in [-0.1, -0.05) is 29.5 Å². The first-order valence-electron chi connectivity index (χ1n) is 9.39. The van der Waals surface area contributed by atoms with Crippen molar-refractivity contribution in [1.29, 1.82) is 0 Å². The second-order valence-electron chi connectivity index (χ2n) is 7.18. The van der Waals surface area contributed by atoms with Gasteiger partial charge < -0.3 is 15.6 Å². The maximum absolute atomic E-state index is 14.3. The summed E-state index contributed by atoms with van der Waals surface area (Å²) in [7, 11) is 0. The normalized spacial score (nSPS) is 17.4. The van der Waals surface area contributed by atoms with Crippen LogP contribution in [0.1, 0.15) is 12.8 Å². The van der Waals surface area contributed by atoms with E-state index in [0.717, 1.165) is 58.1 Å². The van der Waals surface area contributed by atoms with Crippen molar-refractivity contribution in [3.05, 3.63) is 54.5 Å². The molecule has 0 radical (unpaired) electrons. The molecule has 3 heterocycles. The van der Waals surface area contributed by atoms with E-state index in [-0.39, 0.29) is 11.9 Å². The van der Waals surface area contributed by atoms with E-state index < -0.39 is 0 Å². The number of nitrogens with zero attached hydrogens (tertiary/aromatic N) is 3. The Hall–Kier alpha value is -2.77. The molecule has 3 N–H and O–H groups in total. The second kappa shape index (κ2) is 7.00. The number of fused-ring (bicyclic) bond motifs is 1. The van der Waals surface area contributed by atoms with Gasteiger partial charge in [-0.15, -0.1) is 10.2 Å². The molecule has 142 valence electrons. The zero-order valence-corrected chi connectivity index (χ0v) is 16.0. The molecule has 0 spiro atoms. The summed E-state index contributed by atoms with van der Waals surface area (Å²) in [5.41, 5.74) is 9.48. The van der Waals surface area contributed by atoms with Crippen LogP contribution in [0.4, 0.5) is 9.52 Å². The van der Waals surface area contributed by atoms with Crippen LogP contribution in [0.2, 0.25) is 0 Å². The summed E-state index contributed by atoms with van der Waals surface area (Å²) in [6, 6.07) is 13.1. The first-order chi connectivity index (χ1) is 13.7. The minimum absolute atomic E-state index is 0.195. The Kier molecular flexibility index (Phi) is 4.33. The van der Waals surface area contributed by atoms with Crippen molar-refractivity contribution in [1.82, 2.24) is 15.2 Å². The molecule has 1 atom stereocenters. The van der Waals surface area contributed by atoms with Gasteiger partial charge in [0, 0.05) is 52.9 Å². The molecular formula is C21H20FN5S. The molecule has 1 aliphatic heterocycles. The van der Waals surface area contributed by atoms with Crippen LogP contribution >= 0.6 is 11.3 Å². The van der Waals surface area contributed by atoms with Crippen molar-refractivity contribution in [2.24, 2.45) is 5.73 Å². The molecule has 1 fully saturated rings. The summed E-state index contributed by atoms with van der Waals surface area (Å²) in [5, 5.41) is 11.5. The van der Waals surface area contributed by atoms with Gasteiger partial charge in [-0.25, -0.2) is 4.39 Å². The van der Waals surface area contributed by atoms with Crippen LogP contribution in [0.25, 0.3) is 32.6 Å². The molecule has 4 aromatic rings. The van der Waals surface area contributed by atoms with E-state index in [1.54, 1.807) is 23.5 Å². The molecule has 7 heteroatoms. The number of rotatable bonds is 3. The van der Waals surface area contributed by atoms with E-state index in [2.05, 4.69) is 26.1 Å². The smallest absolute Gasteiger partial charge is 0.208 e. The lowest BCUT2D eigenvalue weighted by Crippen LogP contribution is -2.42. The van der Waals surface area contributed by atoms with Gasteiger partial charge in [-0.05, 0) is 37.1 Å². The Bertz CT molecular complexity index is 1130. The molecule has 1 saturated heterocycles. The summed E-state index contributed by atoms with van der Waals surface area (Å²) in [6.45, 7) is 1.79. The highest BCUT2D eigenvalue weighted by molar-refractivity contribution is 7.18. The Morgan fingerprint density at radius 2 is 2.04 bits per heavy atom. The number of halogens is 1. The third-order valence-corrected chi connectivity index (χ3v) is 6.27. The van der Waals surface area contributed by atoms with Gasteiger partial charge in [-0.2, -0.15) is 0 Å². The lowest BCUT2D eigenvalue weighted by atomic mass is 10.0. The standard InChI is InChI=1S/C21H20FN5S/c22-18-6-2-1-5-15(18)17-11-24-19-8-7-13(10-16(17)19)20-25-26-21(28-20)27-9-3-4-14(23)12-27/h1-2,5-8,10-11,14,24H,3-4,9,12,23H2/t14-/m1/s1. The van der Waals surface area contributed by atoms with E-state index in [9.17, 15) is 4.39 Å². The maximum atomic E-state index is 14.3. The number of nitrogens with one attached hydrogen (secondary N) is 1. The van der Waals surface area contributed by atoms with Crippen LogP contribution in [-0.2, 0) is 0 Å². The summed E-state index contributed by atoms with van der Waals surface area (Å²) in [6.07, 6.45) is 4.00. The zero-order valence-electron chi connectivity index (χ0n) is 15.2. The van der Waals surface area contributed by atoms with Gasteiger partial charge in [0.2, 0.25) is 5.13 Å². The number of hydrogen-bond donors (Lipinski definition) is 2. The van der Waals surface area contributed by atoms with Crippen molar-refractivity contribution < 1.29 is 4.39 Å². The third-order valence-electron chi connectivity index (χ3n) is 5.24. The predicted molar refractivity (Wildman–Crippen MR) is 112 cm³/mol. The van der Waals surface area contributed by atoms with Gasteiger partial charge in [0.15, 0.2) is 0 Å². The van der Waals surface area contributed by atoms with Crippen molar-refractivity contribution >= 4 is 27.4 Å². The van der Waals surface area contributed by atoms with Crippen LogP contribution in [0.5, 0.6) is 0 Å². The highest BCUT2D eigenvalue weighted by atomic mass is 32.1. The minimum Gasteiger partial charge on any atom is -0.361 e. The number of benzene rings is 2. The number of piperidine rings is 1. The van der Waals surface area contributed by atoms with Crippen LogP contribution in [0.3, 0.4) is 0 Å². The fourth-order valence-electron chi connectivity index (χ4n) is 3.80. The summed E-state index contributed by atoms with van der Waals surface area (Å²) < 4.78 is 14.3. The minimum atomic E-state index is -0.228. The first-order valence-corrected chi connectivity index (χ1v) is 10.2. The van der Waals surface area contributed by atoms with E-state index in [0.29, 0.717) is 5.56 Å².